The molecule has 0 spiro atoms. The predicted molar refractivity (Wildman–Crippen MR) is 65.4 cm³/mol. The summed E-state index contributed by atoms with van der Waals surface area (Å²) < 4.78 is 1.74. The van der Waals surface area contributed by atoms with E-state index in [0.717, 1.165) is 24.2 Å². The minimum absolute atomic E-state index is 0.647. The average Bonchev–Trinajstić information content (AvgIpc) is 2.76. The highest BCUT2D eigenvalue weighted by Gasteiger charge is 2.02. The zero-order chi connectivity index (χ0) is 11.4. The maximum atomic E-state index is 5.81. The fourth-order valence-electron chi connectivity index (χ4n) is 1.38. The molecule has 0 fully saturated rings. The van der Waals surface area contributed by atoms with Gasteiger partial charge in [-0.15, -0.1) is 16.7 Å². The van der Waals surface area contributed by atoms with Gasteiger partial charge in [-0.1, -0.05) is 16.8 Å². The highest BCUT2D eigenvalue weighted by atomic mass is 35.5. The van der Waals surface area contributed by atoms with Gasteiger partial charge in [0.05, 0.1) is 17.6 Å². The van der Waals surface area contributed by atoms with Crippen molar-refractivity contribution >= 4 is 23.2 Å². The van der Waals surface area contributed by atoms with Gasteiger partial charge in [-0.3, -0.25) is 0 Å². The SMILES string of the molecule is ClCCCc1cn(-c2ccc(Cl)cc2)nn1. The van der Waals surface area contributed by atoms with Crippen molar-refractivity contribution < 1.29 is 0 Å². The lowest BCUT2D eigenvalue weighted by Gasteiger charge is -1.98. The van der Waals surface area contributed by atoms with Crippen LogP contribution in [-0.4, -0.2) is 20.9 Å². The molecule has 0 aliphatic carbocycles. The van der Waals surface area contributed by atoms with Gasteiger partial charge < -0.3 is 0 Å². The lowest BCUT2D eigenvalue weighted by Crippen LogP contribution is -1.93. The van der Waals surface area contributed by atoms with Crippen LogP contribution in [0.3, 0.4) is 0 Å². The Morgan fingerprint density at radius 2 is 1.94 bits per heavy atom. The van der Waals surface area contributed by atoms with E-state index in [1.54, 1.807) is 4.68 Å². The third-order valence-corrected chi connectivity index (χ3v) is 2.72. The van der Waals surface area contributed by atoms with Crippen molar-refractivity contribution in [2.45, 2.75) is 12.8 Å². The minimum Gasteiger partial charge on any atom is -0.220 e. The largest absolute Gasteiger partial charge is 0.220 e. The molecular weight excluding hydrogens is 245 g/mol. The molecule has 1 heterocycles. The first-order valence-corrected chi connectivity index (χ1v) is 5.94. The molecule has 0 saturated carbocycles. The first-order valence-electron chi connectivity index (χ1n) is 5.03. The molecule has 0 aliphatic rings. The smallest absolute Gasteiger partial charge is 0.0832 e. The molecule has 2 aromatic rings. The zero-order valence-electron chi connectivity index (χ0n) is 8.61. The highest BCUT2D eigenvalue weighted by Crippen LogP contribution is 2.13. The summed E-state index contributed by atoms with van der Waals surface area (Å²) in [7, 11) is 0. The summed E-state index contributed by atoms with van der Waals surface area (Å²) >= 11 is 11.4. The van der Waals surface area contributed by atoms with Gasteiger partial charge in [-0.05, 0) is 37.1 Å². The van der Waals surface area contributed by atoms with Crippen LogP contribution in [0.25, 0.3) is 5.69 Å². The molecule has 3 nitrogen and oxygen atoms in total. The molecule has 0 saturated heterocycles. The van der Waals surface area contributed by atoms with Gasteiger partial charge in [0.2, 0.25) is 0 Å². The van der Waals surface area contributed by atoms with E-state index in [1.165, 1.54) is 0 Å². The van der Waals surface area contributed by atoms with Crippen molar-refractivity contribution in [3.05, 3.63) is 41.2 Å². The van der Waals surface area contributed by atoms with Crippen LogP contribution in [0.15, 0.2) is 30.5 Å². The molecule has 2 rings (SSSR count). The van der Waals surface area contributed by atoms with Crippen LogP contribution in [0.2, 0.25) is 5.02 Å². The fourth-order valence-corrected chi connectivity index (χ4v) is 1.64. The number of hydrogen-bond acceptors (Lipinski definition) is 2. The molecule has 16 heavy (non-hydrogen) atoms. The highest BCUT2D eigenvalue weighted by molar-refractivity contribution is 6.30. The quantitative estimate of drug-likeness (QED) is 0.787. The fraction of sp³-hybridized carbons (Fsp3) is 0.273. The van der Waals surface area contributed by atoms with Gasteiger partial charge >= 0.3 is 0 Å². The van der Waals surface area contributed by atoms with E-state index in [1.807, 2.05) is 30.5 Å². The number of nitrogens with zero attached hydrogens (tertiary/aromatic N) is 3. The van der Waals surface area contributed by atoms with E-state index in [2.05, 4.69) is 10.3 Å². The summed E-state index contributed by atoms with van der Waals surface area (Å²) in [5, 5.41) is 8.84. The van der Waals surface area contributed by atoms with Crippen molar-refractivity contribution in [3.63, 3.8) is 0 Å². The first-order chi connectivity index (χ1) is 7.79. The van der Waals surface area contributed by atoms with E-state index in [9.17, 15) is 0 Å². The topological polar surface area (TPSA) is 30.7 Å². The molecule has 0 N–H and O–H groups in total. The van der Waals surface area contributed by atoms with Gasteiger partial charge in [-0.2, -0.15) is 0 Å². The molecule has 1 aromatic carbocycles. The van der Waals surface area contributed by atoms with Gasteiger partial charge in [-0.25, -0.2) is 4.68 Å². The Bertz CT molecular complexity index is 451. The van der Waals surface area contributed by atoms with Crippen molar-refractivity contribution in [3.8, 4) is 5.69 Å². The van der Waals surface area contributed by atoms with E-state index < -0.39 is 0 Å². The van der Waals surface area contributed by atoms with Gasteiger partial charge in [0.15, 0.2) is 0 Å². The van der Waals surface area contributed by atoms with Gasteiger partial charge in [0.1, 0.15) is 0 Å². The molecule has 0 amide bonds. The van der Waals surface area contributed by atoms with E-state index in [4.69, 9.17) is 23.2 Å². The van der Waals surface area contributed by atoms with Gasteiger partial charge in [0, 0.05) is 10.9 Å². The number of benzene rings is 1. The van der Waals surface area contributed by atoms with E-state index in [-0.39, 0.29) is 0 Å². The Kier molecular flexibility index (Phi) is 3.80. The Morgan fingerprint density at radius 1 is 1.19 bits per heavy atom. The Morgan fingerprint density at radius 3 is 2.62 bits per heavy atom. The number of rotatable bonds is 4. The Balaban J connectivity index is 2.15. The number of alkyl halides is 1. The standard InChI is InChI=1S/C11H11Cl2N3/c12-7-1-2-10-8-16(15-14-10)11-5-3-9(13)4-6-11/h3-6,8H,1-2,7H2. The lowest BCUT2D eigenvalue weighted by molar-refractivity contribution is 0.792. The maximum absolute atomic E-state index is 5.81. The Labute approximate surface area is 104 Å². The normalized spacial score (nSPS) is 10.6. The van der Waals surface area contributed by atoms with Crippen molar-refractivity contribution in [1.82, 2.24) is 15.0 Å². The van der Waals surface area contributed by atoms with Crippen LogP contribution in [0.5, 0.6) is 0 Å². The van der Waals surface area contributed by atoms with Gasteiger partial charge in [0.25, 0.3) is 0 Å². The van der Waals surface area contributed by atoms with Crippen molar-refractivity contribution in [1.29, 1.82) is 0 Å². The second-order valence-electron chi connectivity index (χ2n) is 3.42. The van der Waals surface area contributed by atoms with Crippen LogP contribution >= 0.6 is 23.2 Å². The van der Waals surface area contributed by atoms with Crippen LogP contribution in [0.1, 0.15) is 12.1 Å². The summed E-state index contributed by atoms with van der Waals surface area (Å²) in [6.45, 7) is 0. The molecular formula is C11H11Cl2N3. The molecule has 84 valence electrons. The van der Waals surface area contributed by atoms with Crippen LogP contribution in [0.4, 0.5) is 0 Å². The summed E-state index contributed by atoms with van der Waals surface area (Å²) in [6, 6.07) is 7.47. The Hall–Kier alpha value is -1.06. The average molecular weight is 256 g/mol. The summed E-state index contributed by atoms with van der Waals surface area (Å²) in [6.07, 6.45) is 3.69. The maximum Gasteiger partial charge on any atom is 0.0832 e. The zero-order valence-corrected chi connectivity index (χ0v) is 10.1. The van der Waals surface area contributed by atoms with Crippen molar-refractivity contribution in [2.24, 2.45) is 0 Å². The summed E-state index contributed by atoms with van der Waals surface area (Å²) in [4.78, 5) is 0. The summed E-state index contributed by atoms with van der Waals surface area (Å²) in [5.74, 6) is 0.647. The molecule has 0 aliphatic heterocycles. The molecule has 0 radical (unpaired) electrons. The second kappa shape index (κ2) is 5.32. The molecule has 0 unspecified atom stereocenters. The van der Waals surface area contributed by atoms with E-state index in [0.29, 0.717) is 10.9 Å². The number of aryl methyl sites for hydroxylation is 1. The van der Waals surface area contributed by atoms with Crippen molar-refractivity contribution in [2.75, 3.05) is 5.88 Å². The first kappa shape index (κ1) is 11.4. The third kappa shape index (κ3) is 2.74. The molecule has 1 aromatic heterocycles. The minimum atomic E-state index is 0.647. The number of hydrogen-bond donors (Lipinski definition) is 0. The van der Waals surface area contributed by atoms with Crippen LogP contribution < -0.4 is 0 Å². The molecule has 0 bridgehead atoms. The molecule has 0 atom stereocenters. The number of aromatic nitrogens is 3. The lowest BCUT2D eigenvalue weighted by atomic mass is 10.3. The third-order valence-electron chi connectivity index (χ3n) is 2.20. The number of halogens is 2. The van der Waals surface area contributed by atoms with E-state index >= 15 is 0 Å². The van der Waals surface area contributed by atoms with Crippen LogP contribution in [-0.2, 0) is 6.42 Å². The van der Waals surface area contributed by atoms with Crippen LogP contribution in [0, 0.1) is 0 Å². The summed E-state index contributed by atoms with van der Waals surface area (Å²) in [5.41, 5.74) is 1.91. The second-order valence-corrected chi connectivity index (χ2v) is 4.24. The predicted octanol–water partition coefficient (Wildman–Crippen LogP) is 3.09. The monoisotopic (exact) mass is 255 g/mol. The molecule has 5 heteroatoms.